The van der Waals surface area contributed by atoms with E-state index in [9.17, 15) is 4.57 Å². The van der Waals surface area contributed by atoms with Crippen LogP contribution in [0.1, 0.15) is 40.0 Å². The molecule has 0 saturated heterocycles. The first-order valence-electron chi connectivity index (χ1n) is 9.10. The molecule has 0 N–H and O–H groups in total. The largest absolute Gasteiger partial charge is 0.313 e. The lowest BCUT2D eigenvalue weighted by atomic mass is 9.72. The lowest BCUT2D eigenvalue weighted by Crippen LogP contribution is -2.44. The Morgan fingerprint density at radius 2 is 1.38 bits per heavy atom. The Morgan fingerprint density at radius 3 is 1.79 bits per heavy atom. The quantitative estimate of drug-likeness (QED) is 0.702. The summed E-state index contributed by atoms with van der Waals surface area (Å²) in [5, 5.41) is 2.06. The van der Waals surface area contributed by atoms with Gasteiger partial charge < -0.3 is 4.57 Å². The molecule has 4 rings (SSSR count). The van der Waals surface area contributed by atoms with Gasteiger partial charge in [-0.3, -0.25) is 0 Å². The molecule has 2 aromatic rings. The van der Waals surface area contributed by atoms with Gasteiger partial charge in [-0.05, 0) is 36.0 Å². The molecule has 0 radical (unpaired) electrons. The Morgan fingerprint density at radius 1 is 0.875 bits per heavy atom. The lowest BCUT2D eigenvalue weighted by Gasteiger charge is -2.47. The van der Waals surface area contributed by atoms with Crippen LogP contribution in [-0.4, -0.2) is 5.66 Å². The van der Waals surface area contributed by atoms with Gasteiger partial charge in [0.25, 0.3) is 0 Å². The second-order valence-electron chi connectivity index (χ2n) is 8.65. The fourth-order valence-corrected chi connectivity index (χ4v) is 10.3. The van der Waals surface area contributed by atoms with Gasteiger partial charge in [-0.2, -0.15) is 0 Å². The van der Waals surface area contributed by atoms with E-state index >= 15 is 0 Å². The molecule has 24 heavy (non-hydrogen) atoms. The van der Waals surface area contributed by atoms with Crippen LogP contribution in [0.2, 0.25) is 0 Å². The standard InChI is InChI=1S/C22H27OP/c1-21(2)17-14-15-22(3,16-17)20(21)24(23,18-10-6-4-7-11-18)19-12-8-5-9-13-19/h4-13,17,20H,14-16H2,1-3H3/t17-,20-,22+/m0/s1. The Balaban J connectivity index is 1.97. The van der Waals surface area contributed by atoms with Crippen LogP contribution in [0, 0.1) is 16.7 Å². The van der Waals surface area contributed by atoms with Gasteiger partial charge in [-0.1, -0.05) is 81.4 Å². The van der Waals surface area contributed by atoms with Gasteiger partial charge in [-0.15, -0.1) is 0 Å². The van der Waals surface area contributed by atoms with Crippen molar-refractivity contribution in [3.05, 3.63) is 60.7 Å². The van der Waals surface area contributed by atoms with Crippen LogP contribution >= 0.6 is 7.14 Å². The molecule has 2 saturated carbocycles. The highest BCUT2D eigenvalue weighted by Crippen LogP contribution is 2.74. The Hall–Kier alpha value is -1.33. The molecule has 2 aliphatic rings. The molecule has 2 fully saturated rings. The van der Waals surface area contributed by atoms with E-state index in [-0.39, 0.29) is 16.5 Å². The van der Waals surface area contributed by atoms with E-state index in [2.05, 4.69) is 45.0 Å². The zero-order valence-corrected chi connectivity index (χ0v) is 15.8. The maximum absolute atomic E-state index is 14.8. The average molecular weight is 338 g/mol. The van der Waals surface area contributed by atoms with Gasteiger partial charge in [0.2, 0.25) is 0 Å². The van der Waals surface area contributed by atoms with Crippen molar-refractivity contribution in [3.8, 4) is 0 Å². The molecule has 0 spiro atoms. The van der Waals surface area contributed by atoms with Crippen LogP contribution in [0.4, 0.5) is 0 Å². The van der Waals surface area contributed by atoms with Gasteiger partial charge in [0, 0.05) is 16.3 Å². The monoisotopic (exact) mass is 338 g/mol. The second-order valence-corrected chi connectivity index (χ2v) is 11.5. The molecule has 126 valence electrons. The van der Waals surface area contributed by atoms with E-state index in [1.165, 1.54) is 19.3 Å². The fraction of sp³-hybridized carbons (Fsp3) is 0.455. The molecule has 0 unspecified atom stereocenters. The molecule has 2 aliphatic carbocycles. The third-order valence-corrected chi connectivity index (χ3v) is 11.0. The Kier molecular flexibility index (Phi) is 3.59. The average Bonchev–Trinajstić information content (AvgIpc) is 3.07. The molecular formula is C22H27OP. The van der Waals surface area contributed by atoms with Gasteiger partial charge >= 0.3 is 0 Å². The summed E-state index contributed by atoms with van der Waals surface area (Å²) in [6.45, 7) is 7.13. The molecular weight excluding hydrogens is 311 g/mol. The summed E-state index contributed by atoms with van der Waals surface area (Å²) in [5.41, 5.74) is 0.532. The summed E-state index contributed by atoms with van der Waals surface area (Å²) in [6, 6.07) is 20.5. The van der Waals surface area contributed by atoms with Crippen LogP contribution in [0.5, 0.6) is 0 Å². The van der Waals surface area contributed by atoms with E-state index in [1.807, 2.05) is 36.4 Å². The molecule has 2 bridgehead atoms. The van der Waals surface area contributed by atoms with Crippen molar-refractivity contribution in [2.24, 2.45) is 16.7 Å². The summed E-state index contributed by atoms with van der Waals surface area (Å²) in [4.78, 5) is 0. The van der Waals surface area contributed by atoms with Crippen LogP contribution in [0.3, 0.4) is 0 Å². The highest BCUT2D eigenvalue weighted by atomic mass is 31.2. The van der Waals surface area contributed by atoms with E-state index in [0.29, 0.717) is 5.92 Å². The molecule has 1 nitrogen and oxygen atoms in total. The number of hydrogen-bond donors (Lipinski definition) is 0. The highest BCUT2D eigenvalue weighted by Gasteiger charge is 2.65. The third kappa shape index (κ3) is 2.10. The minimum absolute atomic E-state index is 0.119. The molecule has 0 aromatic heterocycles. The Labute approximate surface area is 145 Å². The zero-order valence-electron chi connectivity index (χ0n) is 14.9. The minimum Gasteiger partial charge on any atom is -0.313 e. The van der Waals surface area contributed by atoms with E-state index in [4.69, 9.17) is 0 Å². The van der Waals surface area contributed by atoms with Crippen LogP contribution < -0.4 is 10.6 Å². The Bertz CT molecular complexity index is 732. The summed E-state index contributed by atoms with van der Waals surface area (Å²) in [5.74, 6) is 0.702. The topological polar surface area (TPSA) is 17.1 Å². The minimum atomic E-state index is -2.70. The first-order chi connectivity index (χ1) is 11.4. The maximum atomic E-state index is 14.8. The summed E-state index contributed by atoms with van der Waals surface area (Å²) < 4.78 is 14.8. The molecule has 0 aliphatic heterocycles. The molecule has 0 heterocycles. The van der Waals surface area contributed by atoms with Crippen molar-refractivity contribution in [1.29, 1.82) is 0 Å². The predicted octanol–water partition coefficient (Wildman–Crippen LogP) is 5.22. The smallest absolute Gasteiger partial charge is 0.147 e. The van der Waals surface area contributed by atoms with E-state index in [0.717, 1.165) is 10.6 Å². The zero-order chi connectivity index (χ0) is 17.0. The number of hydrogen-bond acceptors (Lipinski definition) is 1. The van der Waals surface area contributed by atoms with Gasteiger partial charge in [0.05, 0.1) is 0 Å². The SMILES string of the molecule is CC1(C)[C@H]2CC[C@](C)(C2)[C@H]1P(=O)(c1ccccc1)c1ccccc1. The van der Waals surface area contributed by atoms with Crippen molar-refractivity contribution in [1.82, 2.24) is 0 Å². The highest BCUT2D eigenvalue weighted by molar-refractivity contribution is 7.79. The van der Waals surface area contributed by atoms with Crippen molar-refractivity contribution >= 4 is 17.8 Å². The fourth-order valence-electron chi connectivity index (χ4n) is 5.93. The van der Waals surface area contributed by atoms with Crippen molar-refractivity contribution < 1.29 is 4.57 Å². The van der Waals surface area contributed by atoms with Crippen molar-refractivity contribution in [3.63, 3.8) is 0 Å². The predicted molar refractivity (Wildman–Crippen MR) is 103 cm³/mol. The van der Waals surface area contributed by atoms with Crippen molar-refractivity contribution in [2.75, 3.05) is 0 Å². The van der Waals surface area contributed by atoms with Crippen LogP contribution in [-0.2, 0) is 4.57 Å². The normalized spacial score (nSPS) is 31.3. The molecule has 0 amide bonds. The maximum Gasteiger partial charge on any atom is 0.147 e. The van der Waals surface area contributed by atoms with E-state index in [1.54, 1.807) is 0 Å². The first-order valence-corrected chi connectivity index (χ1v) is 10.9. The second kappa shape index (κ2) is 5.33. The van der Waals surface area contributed by atoms with Gasteiger partial charge in [0.1, 0.15) is 7.14 Å². The van der Waals surface area contributed by atoms with Crippen LogP contribution in [0.25, 0.3) is 0 Å². The van der Waals surface area contributed by atoms with Crippen molar-refractivity contribution in [2.45, 2.75) is 45.7 Å². The first kappa shape index (κ1) is 16.2. The van der Waals surface area contributed by atoms with Crippen LogP contribution in [0.15, 0.2) is 60.7 Å². The summed E-state index contributed by atoms with van der Waals surface area (Å²) in [6.07, 6.45) is 3.74. The summed E-state index contributed by atoms with van der Waals surface area (Å²) in [7, 11) is -2.70. The number of fused-ring (bicyclic) bond motifs is 2. The van der Waals surface area contributed by atoms with Gasteiger partial charge in [0.15, 0.2) is 0 Å². The lowest BCUT2D eigenvalue weighted by molar-refractivity contribution is 0.187. The third-order valence-electron chi connectivity index (χ3n) is 6.84. The van der Waals surface area contributed by atoms with Gasteiger partial charge in [-0.25, -0.2) is 0 Å². The molecule has 2 heteroatoms. The molecule has 2 aromatic carbocycles. The molecule has 3 atom stereocenters. The summed E-state index contributed by atoms with van der Waals surface area (Å²) >= 11 is 0. The van der Waals surface area contributed by atoms with E-state index < -0.39 is 7.14 Å². The number of benzene rings is 2. The number of rotatable bonds is 3.